The third-order valence-electron chi connectivity index (χ3n) is 23.3. The average Bonchev–Trinajstić information content (AvgIpc) is 1.54. The molecule has 5 aliphatic rings. The van der Waals surface area contributed by atoms with Crippen LogP contribution in [0.25, 0.3) is 137 Å². The molecule has 30 rings (SSSR count). The largest absolute Gasteiger partial charge is 3.00 e. The molecule has 0 amide bonds. The number of aromatic nitrogens is 21. The van der Waals surface area contributed by atoms with Gasteiger partial charge in [0, 0.05) is 128 Å². The molecule has 0 saturated carbocycles. The SMILES string of the molecule is CN1C=CN(c2[c-]cccc2)[CH-]1.CN1C=CN(c2[c-]cccc2)[CH-]1.CN1C=CN(c2[c-]cccc2)[CH-]1.CN1C=CN(c2[c-]cccc2)[CH-]1.CN1C=CN(c2[c-]cccc2)[CH-]1.[Ir+3].[Ir+3].[Ir+3].[Ir+3].[Ir+3].[c-]1ncc2c3cccnc3c3cccnc3n12.[c-]1ncc2c3ccncc3c3cccnc3n12.[c-]1ncc2c3cnccc3c3cccnc3n12.[c-]1ncc2c3ncccc3c3cccnc3n12.[c-]1ncc2c3nccnc3c3cccnc3n12. The topological polar surface area (TPSA) is 261 Å². The molecule has 0 N–H and O–H groups in total. The molecule has 5 aromatic carbocycles. The zero-order valence-electron chi connectivity index (χ0n) is 80.4. The molecule has 25 heterocycles. The number of anilines is 5. The summed E-state index contributed by atoms with van der Waals surface area (Å²) in [6.07, 6.45) is 66.6. The molecule has 0 unspecified atom stereocenters. The number of hydrogen-bond donors (Lipinski definition) is 0. The molecule has 20 aromatic heterocycles. The van der Waals surface area contributed by atoms with Crippen LogP contribution in [0.1, 0.15) is 0 Å². The second-order valence-electron chi connectivity index (χ2n) is 32.8. The van der Waals surface area contributed by atoms with Crippen LogP contribution in [0.15, 0.2) is 392 Å². The second kappa shape index (κ2) is 50.3. The summed E-state index contributed by atoms with van der Waals surface area (Å²) in [6.45, 7) is 10.0. The summed E-state index contributed by atoms with van der Waals surface area (Å²) in [5, 5.41) is 11.8. The van der Waals surface area contributed by atoms with Gasteiger partial charge in [0.2, 0.25) is 0 Å². The third kappa shape index (κ3) is 23.5. The van der Waals surface area contributed by atoms with Crippen molar-refractivity contribution < 1.29 is 101 Å². The maximum atomic E-state index is 4.44. The van der Waals surface area contributed by atoms with E-state index in [9.17, 15) is 0 Å². The number of para-hydroxylation sites is 5. The molecule has 0 bridgehead atoms. The molecule has 0 spiro atoms. The van der Waals surface area contributed by atoms with E-state index in [1.807, 2.05) is 420 Å². The fraction of sp³-hybridized carbons (Fsp3) is 0.0439. The van der Waals surface area contributed by atoms with Gasteiger partial charge in [-0.05, 0) is 228 Å². The Balaban J connectivity index is 0.000000119. The summed E-state index contributed by atoms with van der Waals surface area (Å²) in [5.41, 5.74) is 17.9. The summed E-state index contributed by atoms with van der Waals surface area (Å²) in [4.78, 5) is 88.4. The fourth-order valence-electron chi connectivity index (χ4n) is 16.6. The molecular weight excluding hydrogens is 2760 g/mol. The van der Waals surface area contributed by atoms with Crippen molar-refractivity contribution in [3.8, 4) is 0 Å². The predicted molar refractivity (Wildman–Crippen MR) is 566 cm³/mol. The molecule has 150 heavy (non-hydrogen) atoms. The molecular formula is C114H84Ir5N31. The molecule has 740 valence electrons. The fourth-order valence-corrected chi connectivity index (χ4v) is 16.6. The van der Waals surface area contributed by atoms with Crippen LogP contribution in [0.2, 0.25) is 0 Å². The molecule has 5 aliphatic heterocycles. The Morgan fingerprint density at radius 3 is 0.820 bits per heavy atom. The summed E-state index contributed by atoms with van der Waals surface area (Å²) in [7, 11) is 10.00. The van der Waals surface area contributed by atoms with Gasteiger partial charge in [-0.3, -0.25) is 54.8 Å². The van der Waals surface area contributed by atoms with Gasteiger partial charge in [-0.1, -0.05) is 73.4 Å². The van der Waals surface area contributed by atoms with Gasteiger partial charge < -0.3 is 95.9 Å². The van der Waals surface area contributed by atoms with Crippen molar-refractivity contribution in [2.45, 2.75) is 0 Å². The van der Waals surface area contributed by atoms with Gasteiger partial charge in [0.25, 0.3) is 0 Å². The first-order valence-corrected chi connectivity index (χ1v) is 45.7. The van der Waals surface area contributed by atoms with Crippen LogP contribution >= 0.6 is 0 Å². The zero-order valence-corrected chi connectivity index (χ0v) is 92.3. The Bertz CT molecular complexity index is 7430. The molecule has 31 nitrogen and oxygen atoms in total. The Morgan fingerprint density at radius 1 is 0.193 bits per heavy atom. The summed E-state index contributed by atoms with van der Waals surface area (Å²) in [5.74, 6) is 0. The van der Waals surface area contributed by atoms with Crippen LogP contribution in [0, 0.1) is 95.3 Å². The van der Waals surface area contributed by atoms with E-state index in [1.165, 1.54) is 0 Å². The van der Waals surface area contributed by atoms with Crippen LogP contribution in [0.3, 0.4) is 0 Å². The number of fused-ring (bicyclic) bond motifs is 30. The number of hydrogen-bond acceptors (Lipinski definition) is 26. The van der Waals surface area contributed by atoms with Crippen molar-refractivity contribution in [2.24, 2.45) is 0 Å². The number of benzene rings is 5. The third-order valence-corrected chi connectivity index (χ3v) is 23.3. The summed E-state index contributed by atoms with van der Waals surface area (Å²) >= 11 is 0. The van der Waals surface area contributed by atoms with Crippen LogP contribution in [-0.2, 0) is 101 Å². The van der Waals surface area contributed by atoms with E-state index in [0.717, 1.165) is 166 Å². The quantitative estimate of drug-likeness (QED) is 0.114. The Labute approximate surface area is 931 Å². The molecule has 0 fully saturated rings. The Morgan fingerprint density at radius 2 is 0.460 bits per heavy atom. The van der Waals surface area contributed by atoms with Gasteiger partial charge in [0.1, 0.15) is 0 Å². The van der Waals surface area contributed by atoms with Crippen LogP contribution in [0.5, 0.6) is 0 Å². The first kappa shape index (κ1) is 106. The Kier molecular flexibility index (Phi) is 35.6. The number of nitrogens with zero attached hydrogens (tertiary/aromatic N) is 31. The molecule has 25 aromatic rings. The molecule has 0 atom stereocenters. The standard InChI is InChI=1S/4C13H7N4.C12H6N5.5C10H10N2.5Ir/c1-3-9-11-7-14-8-17(11)13-10(4-2-6-16-13)12(9)15-5-1;1-3-9-10-4-2-6-16-13(10)17-8-14-7-11(17)12(9)15-5-1;1-2-10-11-6-14-5-3-9(11)12-7-15-8-17(12)13(10)16-4-1;1-2-10-9-3-5-14-6-11(9)12-7-15-8-17(12)13(10)16-4-1;1-2-8-10-11(15-5-4-14-10)9-6-13-7-17(9)12(8)16-3-1;5*1-11-7-8-12(9-11)10-5-3-2-4-6-10;;;;;/h4*1-7H;1-6H;5*2-5,7-9H,1H3;;;;;/q5*-1;5*-2;5*+3. The first-order valence-electron chi connectivity index (χ1n) is 45.7. The normalized spacial score (nSPS) is 12.8. The van der Waals surface area contributed by atoms with E-state index < -0.39 is 0 Å². The summed E-state index contributed by atoms with van der Waals surface area (Å²) in [6, 6.07) is 87.0. The van der Waals surface area contributed by atoms with Gasteiger partial charge in [0.15, 0.2) is 0 Å². The van der Waals surface area contributed by atoms with Gasteiger partial charge >= 0.3 is 101 Å². The number of rotatable bonds is 5. The smallest absolute Gasteiger partial charge is 0.510 e. The molecule has 36 heteroatoms. The van der Waals surface area contributed by atoms with Crippen LogP contribution < -0.4 is 24.5 Å². The van der Waals surface area contributed by atoms with E-state index in [-0.39, 0.29) is 101 Å². The van der Waals surface area contributed by atoms with Crippen molar-refractivity contribution in [1.82, 2.24) is 126 Å². The van der Waals surface area contributed by atoms with E-state index in [4.69, 9.17) is 0 Å². The van der Waals surface area contributed by atoms with Crippen molar-refractivity contribution >= 4 is 166 Å². The van der Waals surface area contributed by atoms with Gasteiger partial charge in [-0.15, -0.1) is 28.4 Å². The van der Waals surface area contributed by atoms with Crippen LogP contribution in [0.4, 0.5) is 28.4 Å². The minimum atomic E-state index is 0. The number of imidazole rings is 5. The maximum Gasteiger partial charge on any atom is 3.00 e. The summed E-state index contributed by atoms with van der Waals surface area (Å²) < 4.78 is 9.30. The average molecular weight is 2850 g/mol. The molecule has 0 radical (unpaired) electrons. The van der Waals surface area contributed by atoms with E-state index in [2.05, 4.69) is 154 Å². The van der Waals surface area contributed by atoms with E-state index >= 15 is 0 Å². The van der Waals surface area contributed by atoms with Gasteiger partial charge in [-0.25, -0.2) is 0 Å². The minimum absolute atomic E-state index is 0. The van der Waals surface area contributed by atoms with E-state index in [1.54, 1.807) is 99.1 Å². The second-order valence-corrected chi connectivity index (χ2v) is 32.8. The minimum Gasteiger partial charge on any atom is -0.510 e. The van der Waals surface area contributed by atoms with E-state index in [0.29, 0.717) is 0 Å². The van der Waals surface area contributed by atoms with Gasteiger partial charge in [0.05, 0.1) is 44.8 Å². The first-order chi connectivity index (χ1) is 71.5. The Hall–Kier alpha value is -16.5. The monoisotopic (exact) mass is 2850 g/mol. The van der Waals surface area contributed by atoms with Crippen molar-refractivity contribution in [1.29, 1.82) is 0 Å². The van der Waals surface area contributed by atoms with Crippen LogP contribution in [-0.4, -0.2) is 161 Å². The molecule has 0 aliphatic carbocycles. The predicted octanol–water partition coefficient (Wildman–Crippen LogP) is 19.7. The molecule has 0 saturated heterocycles. The zero-order chi connectivity index (χ0) is 98.2. The maximum absolute atomic E-state index is 4.44. The van der Waals surface area contributed by atoms with Crippen molar-refractivity contribution in [2.75, 3.05) is 59.7 Å². The van der Waals surface area contributed by atoms with Gasteiger partial charge in [-0.2, -0.15) is 185 Å². The van der Waals surface area contributed by atoms with Crippen molar-refractivity contribution in [3.05, 3.63) is 487 Å². The number of pyridine rings is 14. The van der Waals surface area contributed by atoms with Crippen molar-refractivity contribution in [3.63, 3.8) is 0 Å².